The van der Waals surface area contributed by atoms with Gasteiger partial charge in [0, 0.05) is 34.7 Å². The smallest absolute Gasteiger partial charge is 0.341 e. The van der Waals surface area contributed by atoms with Crippen molar-refractivity contribution >= 4 is 40.0 Å². The van der Waals surface area contributed by atoms with E-state index in [0.717, 1.165) is 42.1 Å². The zero-order chi connectivity index (χ0) is 24.1. The summed E-state index contributed by atoms with van der Waals surface area (Å²) in [4.78, 5) is 30.2. The minimum Gasteiger partial charge on any atom is -0.465 e. The predicted octanol–water partition coefficient (Wildman–Crippen LogP) is 5.77. The van der Waals surface area contributed by atoms with Crippen molar-refractivity contribution in [3.63, 3.8) is 0 Å². The summed E-state index contributed by atoms with van der Waals surface area (Å²) >= 11 is 3.29. The van der Waals surface area contributed by atoms with Crippen molar-refractivity contribution in [1.82, 2.24) is 4.90 Å². The number of esters is 1. The molecule has 7 heteroatoms. The maximum atomic E-state index is 12.9. The summed E-state index contributed by atoms with van der Waals surface area (Å²) in [5, 5.41) is 4.10. The summed E-state index contributed by atoms with van der Waals surface area (Å²) in [6.45, 7) is 6.79. The van der Waals surface area contributed by atoms with E-state index < -0.39 is 0 Å². The molecular weight excluding hydrogens is 464 g/mol. The van der Waals surface area contributed by atoms with E-state index in [1.807, 2.05) is 18.2 Å². The number of hydrogen-bond donors (Lipinski definition) is 1. The lowest BCUT2D eigenvalue weighted by molar-refractivity contribution is -0.115. The molecule has 0 fully saturated rings. The standard InChI is InChI=1S/C27H30N2O3S2/c1-18(2)33-21-11-9-19(10-12-21)15-24(30)28-26-25(27(31)32-3)22-13-14-29(17-23(22)34-26)16-20-7-5-4-6-8-20/h4-12,18H,13-17H2,1-3H3,(H,28,30). The van der Waals surface area contributed by atoms with E-state index >= 15 is 0 Å². The third-order valence-corrected chi connectivity index (χ3v) is 7.84. The number of benzene rings is 2. The molecule has 1 N–H and O–H groups in total. The van der Waals surface area contributed by atoms with Crippen LogP contribution in [0.25, 0.3) is 0 Å². The molecule has 1 aromatic heterocycles. The molecule has 0 radical (unpaired) electrons. The van der Waals surface area contributed by atoms with Crippen LogP contribution in [0.15, 0.2) is 59.5 Å². The Hall–Kier alpha value is -2.61. The number of ether oxygens (including phenoxy) is 1. The van der Waals surface area contributed by atoms with Crippen molar-refractivity contribution < 1.29 is 14.3 Å². The second kappa shape index (κ2) is 11.2. The van der Waals surface area contributed by atoms with Gasteiger partial charge in [0.05, 0.1) is 19.1 Å². The third kappa shape index (κ3) is 6.09. The minimum absolute atomic E-state index is 0.130. The number of methoxy groups -OCH3 is 1. The minimum atomic E-state index is -0.389. The molecule has 34 heavy (non-hydrogen) atoms. The summed E-state index contributed by atoms with van der Waals surface area (Å²) in [6.07, 6.45) is 1.02. The Bertz CT molecular complexity index is 1140. The van der Waals surface area contributed by atoms with Crippen LogP contribution in [0.5, 0.6) is 0 Å². The van der Waals surface area contributed by atoms with Gasteiger partial charge < -0.3 is 10.1 Å². The lowest BCUT2D eigenvalue weighted by Crippen LogP contribution is -2.29. The number of nitrogens with one attached hydrogen (secondary N) is 1. The molecule has 2 heterocycles. The van der Waals surface area contributed by atoms with Gasteiger partial charge >= 0.3 is 5.97 Å². The normalized spacial score (nSPS) is 13.5. The molecule has 1 aliphatic heterocycles. The first-order valence-corrected chi connectivity index (χ1v) is 13.2. The van der Waals surface area contributed by atoms with Crippen LogP contribution in [-0.2, 0) is 35.5 Å². The molecule has 4 rings (SSSR count). The van der Waals surface area contributed by atoms with Crippen molar-refractivity contribution in [2.45, 2.75) is 49.9 Å². The quantitative estimate of drug-likeness (QED) is 0.318. The first-order valence-electron chi connectivity index (χ1n) is 11.5. The van der Waals surface area contributed by atoms with E-state index in [4.69, 9.17) is 4.74 Å². The van der Waals surface area contributed by atoms with Crippen molar-refractivity contribution in [3.05, 3.63) is 81.7 Å². The Morgan fingerprint density at radius 1 is 1.09 bits per heavy atom. The maximum absolute atomic E-state index is 12.9. The van der Waals surface area contributed by atoms with Crippen molar-refractivity contribution in [1.29, 1.82) is 0 Å². The van der Waals surface area contributed by atoms with E-state index in [1.165, 1.54) is 28.9 Å². The second-order valence-corrected chi connectivity index (χ2v) is 11.4. The highest BCUT2D eigenvalue weighted by molar-refractivity contribution is 7.99. The highest BCUT2D eigenvalue weighted by atomic mass is 32.2. The van der Waals surface area contributed by atoms with E-state index in [-0.39, 0.29) is 18.3 Å². The maximum Gasteiger partial charge on any atom is 0.341 e. The van der Waals surface area contributed by atoms with Gasteiger partial charge in [0.2, 0.25) is 5.91 Å². The zero-order valence-electron chi connectivity index (χ0n) is 19.8. The number of thiophene rings is 1. The molecule has 0 unspecified atom stereocenters. The van der Waals surface area contributed by atoms with E-state index in [9.17, 15) is 9.59 Å². The Kier molecular flexibility index (Phi) is 8.08. The Balaban J connectivity index is 1.47. The number of anilines is 1. The van der Waals surface area contributed by atoms with Gasteiger partial charge in [0.25, 0.3) is 0 Å². The van der Waals surface area contributed by atoms with Gasteiger partial charge in [-0.15, -0.1) is 23.1 Å². The Labute approximate surface area is 209 Å². The van der Waals surface area contributed by atoms with E-state index in [2.05, 4.69) is 60.5 Å². The molecule has 2 aromatic carbocycles. The molecule has 0 atom stereocenters. The fraction of sp³-hybridized carbons (Fsp3) is 0.333. The summed E-state index contributed by atoms with van der Waals surface area (Å²) in [5.74, 6) is -0.520. The van der Waals surface area contributed by atoms with Crippen LogP contribution in [0.4, 0.5) is 5.00 Å². The number of carbonyl (C=O) groups is 2. The van der Waals surface area contributed by atoms with Crippen LogP contribution in [0, 0.1) is 0 Å². The number of amides is 1. The summed E-state index contributed by atoms with van der Waals surface area (Å²) in [6, 6.07) is 18.5. The summed E-state index contributed by atoms with van der Waals surface area (Å²) in [7, 11) is 1.39. The Morgan fingerprint density at radius 3 is 2.50 bits per heavy atom. The summed E-state index contributed by atoms with van der Waals surface area (Å²) in [5.41, 5.74) is 3.73. The average Bonchev–Trinajstić information content (AvgIpc) is 3.17. The van der Waals surface area contributed by atoms with Crippen LogP contribution in [0.1, 0.15) is 45.8 Å². The molecule has 1 aliphatic rings. The molecule has 3 aromatic rings. The molecule has 0 saturated carbocycles. The lowest BCUT2D eigenvalue weighted by Gasteiger charge is -2.27. The predicted molar refractivity (Wildman–Crippen MR) is 140 cm³/mol. The lowest BCUT2D eigenvalue weighted by atomic mass is 10.0. The van der Waals surface area contributed by atoms with E-state index in [1.54, 1.807) is 11.8 Å². The van der Waals surface area contributed by atoms with Crippen LogP contribution in [0.2, 0.25) is 0 Å². The van der Waals surface area contributed by atoms with Gasteiger partial charge in [-0.25, -0.2) is 4.79 Å². The molecule has 0 saturated heterocycles. The van der Waals surface area contributed by atoms with Crippen LogP contribution in [-0.4, -0.2) is 35.7 Å². The number of fused-ring (bicyclic) bond motifs is 1. The van der Waals surface area contributed by atoms with Crippen molar-refractivity contribution in [2.24, 2.45) is 0 Å². The van der Waals surface area contributed by atoms with Gasteiger partial charge in [0.15, 0.2) is 0 Å². The average molecular weight is 495 g/mol. The van der Waals surface area contributed by atoms with Gasteiger partial charge in [-0.1, -0.05) is 56.3 Å². The van der Waals surface area contributed by atoms with Crippen molar-refractivity contribution in [3.8, 4) is 0 Å². The van der Waals surface area contributed by atoms with Crippen LogP contribution < -0.4 is 5.32 Å². The first-order chi connectivity index (χ1) is 16.4. The molecular formula is C27H30N2O3S2. The number of carbonyl (C=O) groups excluding carboxylic acids is 2. The third-order valence-electron chi connectivity index (χ3n) is 5.69. The number of nitrogens with zero attached hydrogens (tertiary/aromatic N) is 1. The van der Waals surface area contributed by atoms with Gasteiger partial charge in [-0.05, 0) is 35.2 Å². The van der Waals surface area contributed by atoms with Crippen molar-refractivity contribution in [2.75, 3.05) is 19.0 Å². The molecule has 0 spiro atoms. The number of hydrogen-bond acceptors (Lipinski definition) is 6. The Morgan fingerprint density at radius 2 is 1.82 bits per heavy atom. The van der Waals surface area contributed by atoms with Crippen LogP contribution in [0.3, 0.4) is 0 Å². The summed E-state index contributed by atoms with van der Waals surface area (Å²) < 4.78 is 5.07. The molecule has 1 amide bonds. The van der Waals surface area contributed by atoms with E-state index in [0.29, 0.717) is 15.8 Å². The highest BCUT2D eigenvalue weighted by Gasteiger charge is 2.29. The number of rotatable bonds is 8. The van der Waals surface area contributed by atoms with Crippen LogP contribution >= 0.6 is 23.1 Å². The fourth-order valence-corrected chi connectivity index (χ4v) is 6.29. The van der Waals surface area contributed by atoms with Gasteiger partial charge in [-0.2, -0.15) is 0 Å². The van der Waals surface area contributed by atoms with Gasteiger partial charge in [-0.3, -0.25) is 9.69 Å². The first kappa shape index (κ1) is 24.5. The van der Waals surface area contributed by atoms with Gasteiger partial charge in [0.1, 0.15) is 5.00 Å². The molecule has 178 valence electrons. The second-order valence-electron chi connectivity index (χ2n) is 8.68. The largest absolute Gasteiger partial charge is 0.465 e. The molecule has 0 bridgehead atoms. The fourth-order valence-electron chi connectivity index (χ4n) is 4.15. The highest BCUT2D eigenvalue weighted by Crippen LogP contribution is 2.38. The molecule has 0 aliphatic carbocycles. The monoisotopic (exact) mass is 494 g/mol. The zero-order valence-corrected chi connectivity index (χ0v) is 21.4. The SMILES string of the molecule is COC(=O)c1c(NC(=O)Cc2ccc(SC(C)C)cc2)sc2c1CCN(Cc1ccccc1)C2. The molecule has 5 nitrogen and oxygen atoms in total. The number of thioether (sulfide) groups is 1. The topological polar surface area (TPSA) is 58.6 Å².